The zero-order valence-corrected chi connectivity index (χ0v) is 12.1. The summed E-state index contributed by atoms with van der Waals surface area (Å²) in [7, 11) is 0. The van der Waals surface area contributed by atoms with Gasteiger partial charge < -0.3 is 4.74 Å². The number of amides is 2. The minimum Gasteiger partial charge on any atom is -0.404 e. The molecule has 112 valence electrons. The summed E-state index contributed by atoms with van der Waals surface area (Å²) in [5, 5.41) is 8.77. The molecule has 1 aliphatic rings. The minimum absolute atomic E-state index is 0.0179. The Morgan fingerprint density at radius 2 is 1.74 bits per heavy atom. The van der Waals surface area contributed by atoms with Crippen molar-refractivity contribution in [3.8, 4) is 6.07 Å². The molecule has 0 radical (unpaired) electrons. The molecule has 0 N–H and O–H groups in total. The van der Waals surface area contributed by atoms with E-state index >= 15 is 0 Å². The zero-order chi connectivity index (χ0) is 16.2. The summed E-state index contributed by atoms with van der Waals surface area (Å²) in [6.45, 7) is 0.170. The van der Waals surface area contributed by atoms with Gasteiger partial charge >= 0.3 is 6.09 Å². The van der Waals surface area contributed by atoms with Gasteiger partial charge in [0.05, 0.1) is 18.2 Å². The molecule has 1 fully saturated rings. The maximum absolute atomic E-state index is 12.3. The van der Waals surface area contributed by atoms with Gasteiger partial charge in [-0.25, -0.2) is 9.69 Å². The van der Waals surface area contributed by atoms with Gasteiger partial charge in [0.15, 0.2) is 5.76 Å². The smallest absolute Gasteiger partial charge is 0.404 e. The molecule has 0 aliphatic carbocycles. The van der Waals surface area contributed by atoms with E-state index in [1.807, 2.05) is 36.4 Å². The SMILES string of the molecule is N#Cc1ccc(/C=C2/OC(=O)N(Cc3ccccc3)C2=O)cc1. The van der Waals surface area contributed by atoms with E-state index in [2.05, 4.69) is 0 Å². The van der Waals surface area contributed by atoms with Crippen molar-refractivity contribution in [3.63, 3.8) is 0 Å². The normalized spacial score (nSPS) is 15.6. The second kappa shape index (κ2) is 6.16. The van der Waals surface area contributed by atoms with Gasteiger partial charge in [-0.3, -0.25) is 4.79 Å². The lowest BCUT2D eigenvalue weighted by atomic mass is 10.1. The van der Waals surface area contributed by atoms with Crippen molar-refractivity contribution in [2.45, 2.75) is 6.54 Å². The first-order chi connectivity index (χ1) is 11.2. The number of nitrogens with zero attached hydrogens (tertiary/aromatic N) is 2. The molecule has 1 saturated heterocycles. The molecular weight excluding hydrogens is 292 g/mol. The Balaban J connectivity index is 1.80. The van der Waals surface area contributed by atoms with Crippen LogP contribution in [-0.2, 0) is 16.1 Å². The second-order valence-corrected chi connectivity index (χ2v) is 4.99. The summed E-state index contributed by atoms with van der Waals surface area (Å²) in [6, 6.07) is 17.9. The number of ether oxygens (including phenoxy) is 1. The molecule has 2 aromatic rings. The van der Waals surface area contributed by atoms with Gasteiger partial charge in [-0.1, -0.05) is 42.5 Å². The number of cyclic esters (lactones) is 1. The topological polar surface area (TPSA) is 70.4 Å². The highest BCUT2D eigenvalue weighted by Crippen LogP contribution is 2.21. The zero-order valence-electron chi connectivity index (χ0n) is 12.1. The molecule has 0 spiro atoms. The second-order valence-electron chi connectivity index (χ2n) is 4.99. The number of imide groups is 1. The average molecular weight is 304 g/mol. The average Bonchev–Trinajstić information content (AvgIpc) is 2.84. The van der Waals surface area contributed by atoms with Gasteiger partial charge in [0.1, 0.15) is 0 Å². The van der Waals surface area contributed by atoms with E-state index in [-0.39, 0.29) is 12.3 Å². The summed E-state index contributed by atoms with van der Waals surface area (Å²) in [4.78, 5) is 25.3. The van der Waals surface area contributed by atoms with Crippen LogP contribution in [0.2, 0.25) is 0 Å². The lowest BCUT2D eigenvalue weighted by Gasteiger charge is -2.09. The van der Waals surface area contributed by atoms with Crippen LogP contribution >= 0.6 is 0 Å². The maximum atomic E-state index is 12.3. The third kappa shape index (κ3) is 3.11. The fourth-order valence-electron chi connectivity index (χ4n) is 2.21. The highest BCUT2D eigenvalue weighted by molar-refractivity contribution is 6.09. The van der Waals surface area contributed by atoms with E-state index in [1.165, 1.54) is 6.08 Å². The Hall–Kier alpha value is -3.39. The molecule has 23 heavy (non-hydrogen) atoms. The predicted octanol–water partition coefficient (Wildman–Crippen LogP) is 3.08. The number of nitriles is 1. The van der Waals surface area contributed by atoms with Crippen LogP contribution in [0, 0.1) is 11.3 Å². The number of carbonyl (C=O) groups is 2. The molecule has 2 aromatic carbocycles. The van der Waals surface area contributed by atoms with E-state index in [9.17, 15) is 9.59 Å². The fourth-order valence-corrected chi connectivity index (χ4v) is 2.21. The summed E-state index contributed by atoms with van der Waals surface area (Å²) in [6.07, 6.45) is 0.811. The first kappa shape index (κ1) is 14.5. The molecule has 5 heteroatoms. The molecule has 1 heterocycles. The Bertz CT molecular complexity index is 818. The van der Waals surface area contributed by atoms with Crippen LogP contribution < -0.4 is 0 Å². The highest BCUT2D eigenvalue weighted by Gasteiger charge is 2.36. The summed E-state index contributed by atoms with van der Waals surface area (Å²) in [5.74, 6) is -0.487. The van der Waals surface area contributed by atoms with Crippen LogP contribution in [0.4, 0.5) is 4.79 Å². The van der Waals surface area contributed by atoms with Gasteiger partial charge in [-0.05, 0) is 29.3 Å². The van der Waals surface area contributed by atoms with Crippen molar-refractivity contribution >= 4 is 18.1 Å². The van der Waals surface area contributed by atoms with E-state index in [1.54, 1.807) is 24.3 Å². The number of rotatable bonds is 3. The van der Waals surface area contributed by atoms with Crippen LogP contribution in [0.15, 0.2) is 60.4 Å². The van der Waals surface area contributed by atoms with E-state index in [0.29, 0.717) is 11.1 Å². The third-order valence-corrected chi connectivity index (χ3v) is 3.39. The van der Waals surface area contributed by atoms with Crippen molar-refractivity contribution in [2.75, 3.05) is 0 Å². The van der Waals surface area contributed by atoms with Crippen LogP contribution in [-0.4, -0.2) is 16.9 Å². The molecule has 0 aromatic heterocycles. The number of carbonyl (C=O) groups excluding carboxylic acids is 2. The lowest BCUT2D eigenvalue weighted by molar-refractivity contribution is -0.123. The molecular formula is C18H12N2O3. The van der Waals surface area contributed by atoms with Gasteiger partial charge in [-0.2, -0.15) is 5.26 Å². The molecule has 5 nitrogen and oxygen atoms in total. The number of hydrogen-bond donors (Lipinski definition) is 0. The van der Waals surface area contributed by atoms with Crippen LogP contribution in [0.25, 0.3) is 6.08 Å². The Kier molecular flexibility index (Phi) is 3.89. The van der Waals surface area contributed by atoms with Crippen LogP contribution in [0.3, 0.4) is 0 Å². The fraction of sp³-hybridized carbons (Fsp3) is 0.0556. The molecule has 1 aliphatic heterocycles. The maximum Gasteiger partial charge on any atom is 0.422 e. The molecule has 0 atom stereocenters. The summed E-state index contributed by atoms with van der Waals surface area (Å²) >= 11 is 0. The predicted molar refractivity (Wildman–Crippen MR) is 82.6 cm³/mol. The Morgan fingerprint density at radius 3 is 2.39 bits per heavy atom. The Morgan fingerprint density at radius 1 is 1.04 bits per heavy atom. The van der Waals surface area contributed by atoms with Gasteiger partial charge in [0, 0.05) is 0 Å². The standard InChI is InChI=1S/C18H12N2O3/c19-11-14-8-6-13(7-9-14)10-16-17(21)20(18(22)23-16)12-15-4-2-1-3-5-15/h1-10H,12H2/b16-10+. The third-order valence-electron chi connectivity index (χ3n) is 3.39. The summed E-state index contributed by atoms with van der Waals surface area (Å²) in [5.41, 5.74) is 2.05. The van der Waals surface area contributed by atoms with Gasteiger partial charge in [0.2, 0.25) is 0 Å². The van der Waals surface area contributed by atoms with Gasteiger partial charge in [-0.15, -0.1) is 0 Å². The van der Waals surface area contributed by atoms with Crippen molar-refractivity contribution in [2.24, 2.45) is 0 Å². The molecule has 0 bridgehead atoms. The van der Waals surface area contributed by atoms with Crippen molar-refractivity contribution in [1.29, 1.82) is 5.26 Å². The van der Waals surface area contributed by atoms with Crippen molar-refractivity contribution < 1.29 is 14.3 Å². The lowest BCUT2D eigenvalue weighted by Crippen LogP contribution is -2.28. The first-order valence-corrected chi connectivity index (χ1v) is 6.97. The van der Waals surface area contributed by atoms with Gasteiger partial charge in [0.25, 0.3) is 5.91 Å². The summed E-state index contributed by atoms with van der Waals surface area (Å²) < 4.78 is 5.05. The van der Waals surface area contributed by atoms with Crippen molar-refractivity contribution in [3.05, 3.63) is 77.0 Å². The molecule has 0 saturated carbocycles. The number of benzene rings is 2. The molecule has 2 amide bonds. The highest BCUT2D eigenvalue weighted by atomic mass is 16.6. The Labute approximate surface area is 133 Å². The van der Waals surface area contributed by atoms with E-state index in [4.69, 9.17) is 10.00 Å². The number of hydrogen-bond acceptors (Lipinski definition) is 4. The minimum atomic E-state index is -0.682. The van der Waals surface area contributed by atoms with Crippen LogP contribution in [0.1, 0.15) is 16.7 Å². The van der Waals surface area contributed by atoms with Crippen molar-refractivity contribution in [1.82, 2.24) is 4.90 Å². The van der Waals surface area contributed by atoms with E-state index in [0.717, 1.165) is 10.5 Å². The van der Waals surface area contributed by atoms with E-state index < -0.39 is 12.0 Å². The molecule has 3 rings (SSSR count). The quantitative estimate of drug-likeness (QED) is 0.817. The largest absolute Gasteiger partial charge is 0.422 e. The monoisotopic (exact) mass is 304 g/mol. The first-order valence-electron chi connectivity index (χ1n) is 6.97. The molecule has 0 unspecified atom stereocenters. The van der Waals surface area contributed by atoms with Crippen LogP contribution in [0.5, 0.6) is 0 Å².